The normalized spacial score (nSPS) is 34.2. The van der Waals surface area contributed by atoms with Crippen LogP contribution < -0.4 is 5.32 Å². The van der Waals surface area contributed by atoms with E-state index in [0.29, 0.717) is 12.5 Å². The molecule has 1 spiro atoms. The number of carbonyl (C=O) groups excluding carboxylic acids is 2. The van der Waals surface area contributed by atoms with Crippen LogP contribution in [0.25, 0.3) is 0 Å². The number of urea groups is 1. The van der Waals surface area contributed by atoms with Gasteiger partial charge in [0.2, 0.25) is 5.91 Å². The number of carbonyl (C=O) groups is 2. The lowest BCUT2D eigenvalue weighted by atomic mass is 9.68. The van der Waals surface area contributed by atoms with E-state index in [1.807, 2.05) is 13.1 Å². The maximum Gasteiger partial charge on any atom is 0.321 e. The van der Waals surface area contributed by atoms with E-state index in [9.17, 15) is 19.8 Å². The minimum atomic E-state index is -0.911. The van der Waals surface area contributed by atoms with Gasteiger partial charge in [-0.05, 0) is 57.1 Å². The van der Waals surface area contributed by atoms with E-state index < -0.39 is 12.2 Å². The van der Waals surface area contributed by atoms with Crippen LogP contribution in [0.2, 0.25) is 0 Å². The zero-order chi connectivity index (χ0) is 23.9. The summed E-state index contributed by atoms with van der Waals surface area (Å²) in [6.45, 7) is 1.61. The van der Waals surface area contributed by atoms with Crippen LogP contribution in [-0.2, 0) is 10.3 Å². The number of aliphatic hydroxyl groups is 2. The molecule has 8 nitrogen and oxygen atoms in total. The fraction of sp³-hybridized carbons (Fsp3) is 0.692. The lowest BCUT2D eigenvalue weighted by Crippen LogP contribution is -2.56. The van der Waals surface area contributed by atoms with Gasteiger partial charge < -0.3 is 30.2 Å². The summed E-state index contributed by atoms with van der Waals surface area (Å²) in [6.07, 6.45) is 5.43. The van der Waals surface area contributed by atoms with Gasteiger partial charge in [-0.25, -0.2) is 4.79 Å². The highest BCUT2D eigenvalue weighted by Crippen LogP contribution is 2.47. The number of nitrogens with zero attached hydrogens (tertiary/aromatic N) is 3. The Morgan fingerprint density at radius 3 is 2.26 bits per heavy atom. The zero-order valence-electron chi connectivity index (χ0n) is 20.2. The minimum Gasteiger partial charge on any atom is -0.388 e. The van der Waals surface area contributed by atoms with Gasteiger partial charge in [0.25, 0.3) is 0 Å². The van der Waals surface area contributed by atoms with Gasteiger partial charge in [0.15, 0.2) is 0 Å². The Kier molecular flexibility index (Phi) is 6.33. The number of aliphatic hydroxyl groups excluding tert-OH is 2. The van der Waals surface area contributed by atoms with Crippen LogP contribution in [0.15, 0.2) is 30.3 Å². The Morgan fingerprint density at radius 1 is 1.06 bits per heavy atom. The summed E-state index contributed by atoms with van der Waals surface area (Å²) in [6, 6.07) is 10.5. The number of benzene rings is 1. The van der Waals surface area contributed by atoms with Gasteiger partial charge in [0.1, 0.15) is 6.54 Å². The molecule has 1 aromatic carbocycles. The largest absolute Gasteiger partial charge is 0.388 e. The molecular formula is C26H38N4O4. The molecule has 34 heavy (non-hydrogen) atoms. The number of hydrogen-bond acceptors (Lipinski definition) is 5. The van der Waals surface area contributed by atoms with Gasteiger partial charge in [-0.3, -0.25) is 4.79 Å². The fourth-order valence-corrected chi connectivity index (χ4v) is 6.46. The highest BCUT2D eigenvalue weighted by Gasteiger charge is 2.54. The van der Waals surface area contributed by atoms with Crippen molar-refractivity contribution in [3.63, 3.8) is 0 Å². The van der Waals surface area contributed by atoms with Gasteiger partial charge in [-0.2, -0.15) is 0 Å². The van der Waals surface area contributed by atoms with Crippen LogP contribution in [0.3, 0.4) is 0 Å². The second-order valence-electron chi connectivity index (χ2n) is 10.9. The monoisotopic (exact) mass is 470 g/mol. The summed E-state index contributed by atoms with van der Waals surface area (Å²) in [4.78, 5) is 31.8. The van der Waals surface area contributed by atoms with E-state index in [2.05, 4.69) is 34.5 Å². The summed E-state index contributed by atoms with van der Waals surface area (Å²) < 4.78 is 0. The third kappa shape index (κ3) is 4.10. The van der Waals surface area contributed by atoms with Crippen LogP contribution >= 0.6 is 0 Å². The van der Waals surface area contributed by atoms with E-state index >= 15 is 0 Å². The Labute approximate surface area is 201 Å². The number of hydrogen-bond donors (Lipinski definition) is 3. The Balaban J connectivity index is 1.33. The van der Waals surface area contributed by atoms with Crippen LogP contribution in [0.5, 0.6) is 0 Å². The molecule has 4 fully saturated rings. The minimum absolute atomic E-state index is 0.0110. The lowest BCUT2D eigenvalue weighted by molar-refractivity contribution is -0.131. The molecule has 0 unspecified atom stereocenters. The standard InChI is InChI=1S/C26H38N4O4/c1-27-26(20-8-3-2-4-9-20)12-10-25(11-13-26)18-29(24(34)30(25)14-19-6-5-7-19)17-23(33)28-15-21(31)22(32)16-28/h2-4,8-9,19,21-22,27,31-32H,5-7,10-18H2,1H3/t21-,22+,25?,26?. The third-order valence-electron chi connectivity index (χ3n) is 9.00. The average molecular weight is 471 g/mol. The molecule has 3 amide bonds. The second-order valence-corrected chi connectivity index (χ2v) is 10.9. The van der Waals surface area contributed by atoms with E-state index in [4.69, 9.17) is 0 Å². The van der Waals surface area contributed by atoms with Gasteiger partial charge in [-0.1, -0.05) is 36.8 Å². The summed E-state index contributed by atoms with van der Waals surface area (Å²) in [7, 11) is 2.03. The molecule has 4 aliphatic rings. The molecule has 2 aliphatic carbocycles. The maximum atomic E-state index is 13.6. The molecule has 8 heteroatoms. The lowest BCUT2D eigenvalue weighted by Gasteiger charge is -2.49. The number of β-amino-alcohol motifs (C(OH)–C–C–N with tert-alkyl or cyclic N) is 2. The van der Waals surface area contributed by atoms with Gasteiger partial charge in [-0.15, -0.1) is 0 Å². The van der Waals surface area contributed by atoms with Crippen molar-refractivity contribution < 1.29 is 19.8 Å². The van der Waals surface area contributed by atoms with E-state index in [0.717, 1.165) is 32.2 Å². The summed E-state index contributed by atoms with van der Waals surface area (Å²) in [5, 5.41) is 23.3. The van der Waals surface area contributed by atoms with Crippen molar-refractivity contribution in [2.45, 2.75) is 68.2 Å². The number of nitrogens with one attached hydrogen (secondary N) is 1. The van der Waals surface area contributed by atoms with Gasteiger partial charge in [0, 0.05) is 31.7 Å². The molecular weight excluding hydrogens is 432 g/mol. The van der Waals surface area contributed by atoms with Crippen molar-refractivity contribution in [3.8, 4) is 0 Å². The third-order valence-corrected chi connectivity index (χ3v) is 9.00. The molecule has 2 saturated carbocycles. The topological polar surface area (TPSA) is 96.4 Å². The quantitative estimate of drug-likeness (QED) is 0.586. The van der Waals surface area contributed by atoms with E-state index in [1.54, 1.807) is 4.90 Å². The first-order chi connectivity index (χ1) is 16.4. The fourth-order valence-electron chi connectivity index (χ4n) is 6.46. The zero-order valence-corrected chi connectivity index (χ0v) is 20.2. The first-order valence-electron chi connectivity index (χ1n) is 12.8. The molecule has 2 atom stereocenters. The molecule has 0 radical (unpaired) electrons. The summed E-state index contributed by atoms with van der Waals surface area (Å²) in [5.41, 5.74) is 0.954. The van der Waals surface area contributed by atoms with Crippen LogP contribution in [0.1, 0.15) is 50.5 Å². The van der Waals surface area contributed by atoms with E-state index in [1.165, 1.54) is 29.7 Å². The van der Waals surface area contributed by atoms with Crippen LogP contribution in [0.4, 0.5) is 4.79 Å². The number of likely N-dealkylation sites (tertiary alicyclic amines) is 1. The second kappa shape index (κ2) is 9.13. The Hall–Kier alpha value is -2.16. The predicted molar refractivity (Wildman–Crippen MR) is 128 cm³/mol. The highest BCUT2D eigenvalue weighted by molar-refractivity contribution is 5.86. The molecule has 5 rings (SSSR count). The first kappa shape index (κ1) is 23.6. The van der Waals surface area contributed by atoms with E-state index in [-0.39, 0.29) is 42.7 Å². The summed E-state index contributed by atoms with van der Waals surface area (Å²) in [5.74, 6) is 0.361. The van der Waals surface area contributed by atoms with Crippen molar-refractivity contribution in [1.29, 1.82) is 0 Å². The molecule has 2 aliphatic heterocycles. The first-order valence-corrected chi connectivity index (χ1v) is 12.8. The maximum absolute atomic E-state index is 13.6. The smallest absolute Gasteiger partial charge is 0.321 e. The highest BCUT2D eigenvalue weighted by atomic mass is 16.3. The van der Waals surface area contributed by atoms with Crippen LogP contribution in [0, 0.1) is 5.92 Å². The molecule has 0 aromatic heterocycles. The summed E-state index contributed by atoms with van der Waals surface area (Å²) >= 11 is 0. The van der Waals surface area contributed by atoms with Crippen LogP contribution in [-0.4, -0.2) is 94.4 Å². The molecule has 2 heterocycles. The van der Waals surface area contributed by atoms with Crippen molar-refractivity contribution in [2.75, 3.05) is 39.8 Å². The van der Waals surface area contributed by atoms with Gasteiger partial charge >= 0.3 is 6.03 Å². The molecule has 1 aromatic rings. The number of rotatable bonds is 6. The average Bonchev–Trinajstić information content (AvgIpc) is 3.28. The molecule has 186 valence electrons. The van der Waals surface area contributed by atoms with Gasteiger partial charge in [0.05, 0.1) is 17.7 Å². The van der Waals surface area contributed by atoms with Crippen molar-refractivity contribution in [2.24, 2.45) is 5.92 Å². The van der Waals surface area contributed by atoms with Crippen molar-refractivity contribution in [3.05, 3.63) is 35.9 Å². The predicted octanol–water partition coefficient (Wildman–Crippen LogP) is 1.52. The number of amides is 3. The van der Waals surface area contributed by atoms with Crippen molar-refractivity contribution >= 4 is 11.9 Å². The molecule has 0 bridgehead atoms. The molecule has 2 saturated heterocycles. The Morgan fingerprint density at radius 2 is 1.71 bits per heavy atom. The molecule has 3 N–H and O–H groups in total. The van der Waals surface area contributed by atoms with Crippen molar-refractivity contribution in [1.82, 2.24) is 20.0 Å². The SMILES string of the molecule is CNC1(c2ccccc2)CCC2(CC1)CN(CC(=O)N1C[C@@H](O)[C@@H](O)C1)C(=O)N2CC1CCC1. The Bertz CT molecular complexity index is 887.